The van der Waals surface area contributed by atoms with Crippen LogP contribution in [0.2, 0.25) is 0 Å². The molecule has 1 rings (SSSR count). The number of pyridine rings is 1. The van der Waals surface area contributed by atoms with Crippen molar-refractivity contribution in [3.8, 4) is 0 Å². The zero-order chi connectivity index (χ0) is 11.8. The molecule has 0 amide bonds. The number of hydrogen-bond donors (Lipinski definition) is 2. The summed E-state index contributed by atoms with van der Waals surface area (Å²) in [6.07, 6.45) is 2.65. The van der Waals surface area contributed by atoms with Crippen LogP contribution in [0, 0.1) is 0 Å². The molecule has 3 heteroatoms. The summed E-state index contributed by atoms with van der Waals surface area (Å²) in [5.41, 5.74) is 7.97. The molecule has 0 bridgehead atoms. The molecule has 3 N–H and O–H groups in total. The van der Waals surface area contributed by atoms with E-state index in [1.165, 1.54) is 0 Å². The van der Waals surface area contributed by atoms with Crippen LogP contribution in [0.3, 0.4) is 0 Å². The van der Waals surface area contributed by atoms with Crippen molar-refractivity contribution in [1.82, 2.24) is 4.98 Å². The number of rotatable bonds is 3. The summed E-state index contributed by atoms with van der Waals surface area (Å²) < 4.78 is 0. The second-order valence-electron chi connectivity index (χ2n) is 3.37. The van der Waals surface area contributed by atoms with E-state index >= 15 is 0 Å². The molecule has 0 atom stereocenters. The van der Waals surface area contributed by atoms with Gasteiger partial charge in [-0.3, -0.25) is 0 Å². The Bertz CT molecular complexity index is 282. The number of nitrogen functional groups attached to an aromatic ring is 1. The molecule has 15 heavy (non-hydrogen) atoms. The first-order valence-corrected chi connectivity index (χ1v) is 5.65. The smallest absolute Gasteiger partial charge is 0.128 e. The van der Waals surface area contributed by atoms with Crippen molar-refractivity contribution >= 4 is 11.5 Å². The average Bonchev–Trinajstić information content (AvgIpc) is 2.20. The minimum absolute atomic E-state index is 0.423. The molecule has 0 radical (unpaired) electrons. The van der Waals surface area contributed by atoms with Crippen LogP contribution in [0.25, 0.3) is 0 Å². The number of nitrogens with two attached hydrogens (primary N) is 1. The zero-order valence-electron chi connectivity index (χ0n) is 10.5. The number of anilines is 2. The largest absolute Gasteiger partial charge is 0.383 e. The maximum atomic E-state index is 5.76. The highest BCUT2D eigenvalue weighted by Crippen LogP contribution is 2.20. The van der Waals surface area contributed by atoms with Gasteiger partial charge in [0.2, 0.25) is 0 Å². The van der Waals surface area contributed by atoms with Crippen LogP contribution in [0.1, 0.15) is 40.2 Å². The molecule has 0 aliphatic carbocycles. The lowest BCUT2D eigenvalue weighted by atomic mass is 10.1. The highest BCUT2D eigenvalue weighted by Gasteiger charge is 2.05. The fourth-order valence-corrected chi connectivity index (χ4v) is 1.33. The second kappa shape index (κ2) is 7.10. The Morgan fingerprint density at radius 2 is 2.00 bits per heavy atom. The molecule has 0 aliphatic rings. The van der Waals surface area contributed by atoms with E-state index in [0.717, 1.165) is 17.7 Å². The number of aromatic nitrogens is 1. The van der Waals surface area contributed by atoms with Crippen molar-refractivity contribution in [3.63, 3.8) is 0 Å². The molecular weight excluding hydrogens is 186 g/mol. The Balaban J connectivity index is 0.000000921. The van der Waals surface area contributed by atoms with E-state index in [9.17, 15) is 0 Å². The van der Waals surface area contributed by atoms with Gasteiger partial charge in [-0.05, 0) is 26.3 Å². The summed E-state index contributed by atoms with van der Waals surface area (Å²) in [4.78, 5) is 4.06. The van der Waals surface area contributed by atoms with Crippen LogP contribution in [0.15, 0.2) is 12.3 Å². The Kier molecular flexibility index (Phi) is 6.50. The molecular formula is C12H23N3. The maximum Gasteiger partial charge on any atom is 0.128 e. The van der Waals surface area contributed by atoms with Crippen LogP contribution in [-0.2, 0) is 6.42 Å². The van der Waals surface area contributed by atoms with E-state index in [1.54, 1.807) is 6.20 Å². The highest BCUT2D eigenvalue weighted by molar-refractivity contribution is 5.60. The summed E-state index contributed by atoms with van der Waals surface area (Å²) in [7, 11) is 0. The van der Waals surface area contributed by atoms with Crippen molar-refractivity contribution in [2.45, 2.75) is 47.1 Å². The van der Waals surface area contributed by atoms with Gasteiger partial charge in [0.05, 0.1) is 0 Å². The van der Waals surface area contributed by atoms with Gasteiger partial charge in [0.25, 0.3) is 0 Å². The van der Waals surface area contributed by atoms with Gasteiger partial charge in [-0.15, -0.1) is 0 Å². The van der Waals surface area contributed by atoms with E-state index in [4.69, 9.17) is 5.73 Å². The Morgan fingerprint density at radius 1 is 1.40 bits per heavy atom. The third kappa shape index (κ3) is 4.19. The number of hydrogen-bond acceptors (Lipinski definition) is 3. The van der Waals surface area contributed by atoms with Crippen molar-refractivity contribution in [2.75, 3.05) is 11.1 Å². The fourth-order valence-electron chi connectivity index (χ4n) is 1.33. The predicted octanol–water partition coefficient (Wildman–Crippen LogP) is 3.07. The van der Waals surface area contributed by atoms with E-state index in [1.807, 2.05) is 19.9 Å². The topological polar surface area (TPSA) is 50.9 Å². The first kappa shape index (κ1) is 13.8. The van der Waals surface area contributed by atoms with Crippen molar-refractivity contribution in [3.05, 3.63) is 17.8 Å². The van der Waals surface area contributed by atoms with Crippen molar-refractivity contribution in [1.29, 1.82) is 0 Å². The van der Waals surface area contributed by atoms with Crippen LogP contribution < -0.4 is 11.1 Å². The Morgan fingerprint density at radius 3 is 2.47 bits per heavy atom. The summed E-state index contributed by atoms with van der Waals surface area (Å²) >= 11 is 0. The second-order valence-corrected chi connectivity index (χ2v) is 3.37. The average molecular weight is 209 g/mol. The molecule has 1 aromatic heterocycles. The van der Waals surface area contributed by atoms with Gasteiger partial charge >= 0.3 is 0 Å². The lowest BCUT2D eigenvalue weighted by Crippen LogP contribution is -2.12. The van der Waals surface area contributed by atoms with E-state index in [2.05, 4.69) is 31.1 Å². The van der Waals surface area contributed by atoms with Crippen LogP contribution >= 0.6 is 0 Å². The van der Waals surface area contributed by atoms with Crippen LogP contribution in [-0.4, -0.2) is 11.0 Å². The van der Waals surface area contributed by atoms with E-state index in [0.29, 0.717) is 11.9 Å². The van der Waals surface area contributed by atoms with Crippen LogP contribution in [0.4, 0.5) is 11.5 Å². The first-order chi connectivity index (χ1) is 7.15. The molecule has 1 aromatic rings. The molecule has 0 aromatic carbocycles. The summed E-state index contributed by atoms with van der Waals surface area (Å²) in [5, 5.41) is 3.35. The molecule has 86 valence electrons. The maximum absolute atomic E-state index is 5.76. The number of nitrogens with one attached hydrogen (secondary N) is 1. The molecule has 0 saturated heterocycles. The SMILES string of the molecule is CC.CCc1c(NC(C)C)ccnc1N. The standard InChI is InChI=1S/C10H17N3.C2H6/c1-4-8-9(13-7(2)3)5-6-12-10(8)11;1-2/h5-7H,4H2,1-3H3,(H3,11,12,13);1-2H3. The molecule has 0 fully saturated rings. The third-order valence-electron chi connectivity index (χ3n) is 1.89. The van der Waals surface area contributed by atoms with E-state index in [-0.39, 0.29) is 0 Å². The molecule has 0 unspecified atom stereocenters. The summed E-state index contributed by atoms with van der Waals surface area (Å²) in [6.45, 7) is 10.3. The van der Waals surface area contributed by atoms with E-state index < -0.39 is 0 Å². The van der Waals surface area contributed by atoms with Gasteiger partial charge in [0, 0.05) is 23.5 Å². The lowest BCUT2D eigenvalue weighted by Gasteiger charge is -2.14. The molecule has 1 heterocycles. The first-order valence-electron chi connectivity index (χ1n) is 5.65. The zero-order valence-corrected chi connectivity index (χ0v) is 10.5. The minimum atomic E-state index is 0.423. The quantitative estimate of drug-likeness (QED) is 0.804. The Hall–Kier alpha value is -1.25. The van der Waals surface area contributed by atoms with Gasteiger partial charge in [0.1, 0.15) is 5.82 Å². The van der Waals surface area contributed by atoms with Gasteiger partial charge in [-0.1, -0.05) is 20.8 Å². The van der Waals surface area contributed by atoms with Crippen molar-refractivity contribution < 1.29 is 0 Å². The van der Waals surface area contributed by atoms with Gasteiger partial charge in [0.15, 0.2) is 0 Å². The number of nitrogens with zero attached hydrogens (tertiary/aromatic N) is 1. The fraction of sp³-hybridized carbons (Fsp3) is 0.583. The molecule has 0 spiro atoms. The molecule has 3 nitrogen and oxygen atoms in total. The normalized spacial score (nSPS) is 9.47. The van der Waals surface area contributed by atoms with Gasteiger partial charge in [-0.25, -0.2) is 4.98 Å². The van der Waals surface area contributed by atoms with Crippen LogP contribution in [0.5, 0.6) is 0 Å². The lowest BCUT2D eigenvalue weighted by molar-refractivity contribution is 0.893. The highest BCUT2D eigenvalue weighted by atomic mass is 14.9. The van der Waals surface area contributed by atoms with Gasteiger partial charge < -0.3 is 11.1 Å². The monoisotopic (exact) mass is 209 g/mol. The summed E-state index contributed by atoms with van der Waals surface area (Å²) in [5.74, 6) is 0.633. The third-order valence-corrected chi connectivity index (χ3v) is 1.89. The Labute approximate surface area is 93.1 Å². The molecule has 0 aliphatic heterocycles. The minimum Gasteiger partial charge on any atom is -0.383 e. The molecule has 0 saturated carbocycles. The summed E-state index contributed by atoms with van der Waals surface area (Å²) in [6, 6.07) is 2.39. The predicted molar refractivity (Wildman–Crippen MR) is 68.1 cm³/mol. The van der Waals surface area contributed by atoms with Crippen molar-refractivity contribution in [2.24, 2.45) is 0 Å². The van der Waals surface area contributed by atoms with Gasteiger partial charge in [-0.2, -0.15) is 0 Å².